The molecule has 7 rings (SSSR count). The Balaban J connectivity index is 1.41. The average molecular weight is 461 g/mol. The summed E-state index contributed by atoms with van der Waals surface area (Å²) in [6, 6.07) is 12.3. The van der Waals surface area contributed by atoms with Gasteiger partial charge in [-0.15, -0.1) is 0 Å². The number of nitrogens with zero attached hydrogens (tertiary/aromatic N) is 8. The lowest BCUT2D eigenvalue weighted by Gasteiger charge is -2.08. The second-order valence-electron chi connectivity index (χ2n) is 8.40. The molecule has 9 heteroatoms. The highest BCUT2D eigenvalue weighted by Gasteiger charge is 2.18. The molecule has 0 fully saturated rings. The van der Waals surface area contributed by atoms with Crippen molar-refractivity contribution < 1.29 is 4.42 Å². The molecule has 0 spiro atoms. The van der Waals surface area contributed by atoms with Crippen LogP contribution in [0.1, 0.15) is 0 Å². The van der Waals surface area contributed by atoms with Crippen LogP contribution in [0, 0.1) is 0 Å². The van der Waals surface area contributed by atoms with E-state index in [4.69, 9.17) is 4.42 Å². The number of aryl methyl sites for hydroxylation is 2. The van der Waals surface area contributed by atoms with Crippen LogP contribution < -0.4 is 0 Å². The summed E-state index contributed by atoms with van der Waals surface area (Å²) in [5, 5.41) is 2.05. The van der Waals surface area contributed by atoms with Gasteiger partial charge in [0.25, 0.3) is 0 Å². The smallest absolute Gasteiger partial charge is 0.181 e. The fourth-order valence-electron chi connectivity index (χ4n) is 4.61. The Morgan fingerprint density at radius 1 is 0.629 bits per heavy atom. The average Bonchev–Trinajstić information content (AvgIpc) is 3.67. The molecular weight excluding hydrogens is 440 g/mol. The molecule has 0 saturated heterocycles. The summed E-state index contributed by atoms with van der Waals surface area (Å²) in [5.74, 6) is 3.12. The van der Waals surface area contributed by atoms with E-state index in [2.05, 4.69) is 32.1 Å². The van der Waals surface area contributed by atoms with Crippen molar-refractivity contribution in [1.82, 2.24) is 38.2 Å². The van der Waals surface area contributed by atoms with E-state index in [0.29, 0.717) is 0 Å². The van der Waals surface area contributed by atoms with Gasteiger partial charge in [0.1, 0.15) is 5.58 Å². The normalized spacial score (nSPS) is 11.7. The minimum absolute atomic E-state index is 0.754. The lowest BCUT2D eigenvalue weighted by Crippen LogP contribution is -2.01. The maximum atomic E-state index is 6.39. The summed E-state index contributed by atoms with van der Waals surface area (Å²) in [6.45, 7) is 0. The van der Waals surface area contributed by atoms with E-state index in [1.807, 2.05) is 81.4 Å². The van der Waals surface area contributed by atoms with Crippen LogP contribution in [-0.2, 0) is 14.1 Å². The van der Waals surface area contributed by atoms with Crippen LogP contribution in [0.25, 0.3) is 56.6 Å². The zero-order valence-corrected chi connectivity index (χ0v) is 19.1. The van der Waals surface area contributed by atoms with Crippen LogP contribution in [0.4, 0.5) is 0 Å². The SMILES string of the molecule is Cn1ccnc1-c1nccn1-c1ccc2oc3c(-n4ccnc4-c4nccn4C)cccc3c2c1. The minimum atomic E-state index is 0.754. The van der Waals surface area contributed by atoms with Crippen molar-refractivity contribution >= 4 is 21.9 Å². The molecule has 5 heterocycles. The number of aromatic nitrogens is 8. The van der Waals surface area contributed by atoms with Gasteiger partial charge in [-0.25, -0.2) is 19.9 Å². The lowest BCUT2D eigenvalue weighted by atomic mass is 10.1. The largest absolute Gasteiger partial charge is 0.454 e. The fourth-order valence-corrected chi connectivity index (χ4v) is 4.61. The molecule has 0 saturated carbocycles. The Morgan fingerprint density at radius 3 is 1.94 bits per heavy atom. The van der Waals surface area contributed by atoms with Crippen molar-refractivity contribution in [2.24, 2.45) is 14.1 Å². The maximum absolute atomic E-state index is 6.39. The van der Waals surface area contributed by atoms with E-state index in [9.17, 15) is 0 Å². The molecular formula is C26H20N8O. The molecule has 0 aliphatic carbocycles. The van der Waals surface area contributed by atoms with Crippen LogP contribution in [0.2, 0.25) is 0 Å². The van der Waals surface area contributed by atoms with Gasteiger partial charge in [-0.1, -0.05) is 12.1 Å². The van der Waals surface area contributed by atoms with E-state index >= 15 is 0 Å². The number of benzene rings is 2. The van der Waals surface area contributed by atoms with Crippen LogP contribution in [0.5, 0.6) is 0 Å². The number of hydrogen-bond acceptors (Lipinski definition) is 5. The number of para-hydroxylation sites is 1. The third kappa shape index (κ3) is 2.88. The topological polar surface area (TPSA) is 84.4 Å². The van der Waals surface area contributed by atoms with Gasteiger partial charge in [0.2, 0.25) is 0 Å². The summed E-state index contributed by atoms with van der Waals surface area (Å²) in [5.41, 5.74) is 3.50. The molecule has 0 amide bonds. The quantitative estimate of drug-likeness (QED) is 0.378. The van der Waals surface area contributed by atoms with Gasteiger partial charge < -0.3 is 13.6 Å². The van der Waals surface area contributed by atoms with Gasteiger partial charge in [-0.3, -0.25) is 9.13 Å². The monoisotopic (exact) mass is 460 g/mol. The Morgan fingerprint density at radius 2 is 1.26 bits per heavy atom. The molecule has 9 nitrogen and oxygen atoms in total. The molecule has 0 aliphatic rings. The van der Waals surface area contributed by atoms with E-state index in [0.717, 1.165) is 56.6 Å². The first-order chi connectivity index (χ1) is 17.2. The third-order valence-corrected chi connectivity index (χ3v) is 6.32. The Hall–Kier alpha value is -4.92. The van der Waals surface area contributed by atoms with Gasteiger partial charge in [0, 0.05) is 80.1 Å². The predicted octanol–water partition coefficient (Wildman–Crippen LogP) is 4.76. The third-order valence-electron chi connectivity index (χ3n) is 6.32. The number of furan rings is 1. The minimum Gasteiger partial charge on any atom is -0.454 e. The Kier molecular flexibility index (Phi) is 4.07. The van der Waals surface area contributed by atoms with Crippen molar-refractivity contribution in [2.75, 3.05) is 0 Å². The number of imidazole rings is 4. The molecule has 0 radical (unpaired) electrons. The van der Waals surface area contributed by atoms with Crippen molar-refractivity contribution in [2.45, 2.75) is 0 Å². The highest BCUT2D eigenvalue weighted by atomic mass is 16.3. The van der Waals surface area contributed by atoms with Crippen molar-refractivity contribution in [3.05, 3.63) is 86.0 Å². The molecule has 35 heavy (non-hydrogen) atoms. The van der Waals surface area contributed by atoms with E-state index in [1.54, 1.807) is 24.8 Å². The number of fused-ring (bicyclic) bond motifs is 3. The zero-order chi connectivity index (χ0) is 23.5. The number of hydrogen-bond donors (Lipinski definition) is 0. The molecule has 170 valence electrons. The van der Waals surface area contributed by atoms with Crippen LogP contribution in [0.15, 0.2) is 90.4 Å². The summed E-state index contributed by atoms with van der Waals surface area (Å²) in [7, 11) is 3.92. The number of rotatable bonds is 4. The van der Waals surface area contributed by atoms with Gasteiger partial charge in [0.15, 0.2) is 28.9 Å². The highest BCUT2D eigenvalue weighted by molar-refractivity contribution is 6.08. The summed E-state index contributed by atoms with van der Waals surface area (Å²) in [4.78, 5) is 18.1. The first kappa shape index (κ1) is 19.5. The zero-order valence-electron chi connectivity index (χ0n) is 19.1. The van der Waals surface area contributed by atoms with Crippen LogP contribution >= 0.6 is 0 Å². The van der Waals surface area contributed by atoms with E-state index in [-0.39, 0.29) is 0 Å². The molecule has 0 aliphatic heterocycles. The van der Waals surface area contributed by atoms with Crippen molar-refractivity contribution in [1.29, 1.82) is 0 Å². The Bertz CT molecular complexity index is 1840. The highest BCUT2D eigenvalue weighted by Crippen LogP contribution is 2.35. The van der Waals surface area contributed by atoms with Gasteiger partial charge in [-0.05, 0) is 24.3 Å². The molecule has 2 aromatic carbocycles. The first-order valence-corrected chi connectivity index (χ1v) is 11.2. The summed E-state index contributed by atoms with van der Waals surface area (Å²) >= 11 is 0. The summed E-state index contributed by atoms with van der Waals surface area (Å²) in [6.07, 6.45) is 14.8. The molecule has 0 bridgehead atoms. The molecule has 5 aromatic heterocycles. The van der Waals surface area contributed by atoms with Gasteiger partial charge >= 0.3 is 0 Å². The maximum Gasteiger partial charge on any atom is 0.181 e. The van der Waals surface area contributed by atoms with Crippen molar-refractivity contribution in [3.63, 3.8) is 0 Å². The van der Waals surface area contributed by atoms with Crippen LogP contribution in [0.3, 0.4) is 0 Å². The van der Waals surface area contributed by atoms with Gasteiger partial charge in [0.05, 0.1) is 5.69 Å². The first-order valence-electron chi connectivity index (χ1n) is 11.2. The predicted molar refractivity (Wildman–Crippen MR) is 132 cm³/mol. The fraction of sp³-hybridized carbons (Fsp3) is 0.0769. The van der Waals surface area contributed by atoms with E-state index < -0.39 is 0 Å². The molecule has 7 aromatic rings. The molecule has 0 atom stereocenters. The second-order valence-corrected chi connectivity index (χ2v) is 8.40. The molecule has 0 N–H and O–H groups in total. The van der Waals surface area contributed by atoms with Gasteiger partial charge in [-0.2, -0.15) is 0 Å². The second kappa shape index (κ2) is 7.29. The summed E-state index contributed by atoms with van der Waals surface area (Å²) < 4.78 is 14.4. The van der Waals surface area contributed by atoms with E-state index in [1.165, 1.54) is 0 Å². The Labute approximate surface area is 199 Å². The van der Waals surface area contributed by atoms with Crippen molar-refractivity contribution in [3.8, 4) is 34.7 Å². The van der Waals surface area contributed by atoms with Crippen LogP contribution in [-0.4, -0.2) is 38.2 Å². The molecule has 0 unspecified atom stereocenters. The standard InChI is InChI=1S/C26H20N8O/c1-31-12-8-27-23(31)25-29-10-14-33(25)17-6-7-21-19(16-17)18-4-3-5-20(22(18)35-21)34-15-11-30-26(34)24-28-9-13-32(24)2/h3-16H,1-2H3. The lowest BCUT2D eigenvalue weighted by molar-refractivity contribution is 0.665.